The molecule has 1 aliphatic carbocycles. The summed E-state index contributed by atoms with van der Waals surface area (Å²) >= 11 is 0. The molecule has 1 fully saturated rings. The summed E-state index contributed by atoms with van der Waals surface area (Å²) in [5.74, 6) is -0.107. The molecule has 0 bridgehead atoms. The number of esters is 1. The minimum atomic E-state index is -0.476. The molecule has 86 valence electrons. The highest BCUT2D eigenvalue weighted by Crippen LogP contribution is 2.22. The van der Waals surface area contributed by atoms with Gasteiger partial charge in [-0.1, -0.05) is 19.3 Å². The molecular weight excluding hydrogens is 194 g/mol. The van der Waals surface area contributed by atoms with E-state index in [9.17, 15) is 9.59 Å². The topological polar surface area (TPSA) is 55.4 Å². The molecule has 0 heterocycles. The summed E-state index contributed by atoms with van der Waals surface area (Å²) in [5.41, 5.74) is 0. The minimum Gasteiger partial charge on any atom is -0.469 e. The van der Waals surface area contributed by atoms with E-state index in [-0.39, 0.29) is 12.3 Å². The molecule has 0 aromatic carbocycles. The number of ether oxygens (including phenoxy) is 1. The number of methoxy groups -OCH3 is 1. The molecule has 0 spiro atoms. The van der Waals surface area contributed by atoms with E-state index in [1.165, 1.54) is 39.2 Å². The van der Waals surface area contributed by atoms with E-state index in [0.29, 0.717) is 12.5 Å². The van der Waals surface area contributed by atoms with Crippen LogP contribution in [0.3, 0.4) is 0 Å². The maximum Gasteiger partial charge on any atom is 0.315 e. The zero-order valence-corrected chi connectivity index (χ0v) is 9.25. The van der Waals surface area contributed by atoms with E-state index in [1.54, 1.807) is 0 Å². The highest BCUT2D eigenvalue weighted by atomic mass is 16.5. The predicted molar refractivity (Wildman–Crippen MR) is 56.2 cm³/mol. The van der Waals surface area contributed by atoms with E-state index in [2.05, 4.69) is 10.1 Å². The molecule has 4 heteroatoms. The van der Waals surface area contributed by atoms with Gasteiger partial charge in [0.05, 0.1) is 7.11 Å². The average Bonchev–Trinajstić information content (AvgIpc) is 2.27. The van der Waals surface area contributed by atoms with Gasteiger partial charge in [0.2, 0.25) is 5.91 Å². The van der Waals surface area contributed by atoms with Crippen LogP contribution in [0.2, 0.25) is 0 Å². The van der Waals surface area contributed by atoms with Gasteiger partial charge in [0.25, 0.3) is 0 Å². The molecule has 4 nitrogen and oxygen atoms in total. The molecule has 0 aromatic rings. The number of nitrogens with one attached hydrogen (secondary N) is 1. The van der Waals surface area contributed by atoms with Gasteiger partial charge in [-0.2, -0.15) is 0 Å². The summed E-state index contributed by atoms with van der Waals surface area (Å²) in [7, 11) is 1.29. The van der Waals surface area contributed by atoms with Crippen molar-refractivity contribution in [1.82, 2.24) is 5.32 Å². The quantitative estimate of drug-likeness (QED) is 0.564. The molecule has 1 amide bonds. The Hall–Kier alpha value is -1.06. The van der Waals surface area contributed by atoms with E-state index in [0.717, 1.165) is 0 Å². The Morgan fingerprint density at radius 1 is 1.27 bits per heavy atom. The lowest BCUT2D eigenvalue weighted by molar-refractivity contribution is -0.143. The van der Waals surface area contributed by atoms with Crippen LogP contribution in [0.1, 0.15) is 38.5 Å². The Kier molecular flexibility index (Phi) is 5.15. The van der Waals surface area contributed by atoms with Crippen LogP contribution in [0.15, 0.2) is 0 Å². The standard InChI is InChI=1S/C11H19NO3/c1-15-11(14)7-10(13)12-8-9-5-3-2-4-6-9/h9H,2-8H2,1H3,(H,12,13). The third-order valence-electron chi connectivity index (χ3n) is 2.85. The van der Waals surface area contributed by atoms with E-state index in [1.807, 2.05) is 0 Å². The molecule has 1 aliphatic rings. The Bertz CT molecular complexity index is 222. The van der Waals surface area contributed by atoms with Crippen LogP contribution >= 0.6 is 0 Å². The SMILES string of the molecule is COC(=O)CC(=O)NCC1CCCCC1. The third-order valence-corrected chi connectivity index (χ3v) is 2.85. The Morgan fingerprint density at radius 3 is 2.53 bits per heavy atom. The Morgan fingerprint density at radius 2 is 1.93 bits per heavy atom. The number of carbonyl (C=O) groups excluding carboxylic acids is 2. The summed E-state index contributed by atoms with van der Waals surface area (Å²) in [4.78, 5) is 22.0. The summed E-state index contributed by atoms with van der Waals surface area (Å²) in [5, 5.41) is 2.78. The second-order valence-corrected chi connectivity index (χ2v) is 4.06. The fourth-order valence-electron chi connectivity index (χ4n) is 1.92. The van der Waals surface area contributed by atoms with Gasteiger partial charge in [-0.05, 0) is 18.8 Å². The van der Waals surface area contributed by atoms with Crippen LogP contribution in [0.4, 0.5) is 0 Å². The van der Waals surface area contributed by atoms with Gasteiger partial charge < -0.3 is 10.1 Å². The monoisotopic (exact) mass is 213 g/mol. The van der Waals surface area contributed by atoms with Gasteiger partial charge in [-0.3, -0.25) is 9.59 Å². The molecule has 1 N–H and O–H groups in total. The summed E-state index contributed by atoms with van der Waals surface area (Å²) in [6.45, 7) is 0.704. The first-order chi connectivity index (χ1) is 7.22. The van der Waals surface area contributed by atoms with Crippen molar-refractivity contribution < 1.29 is 14.3 Å². The fraction of sp³-hybridized carbons (Fsp3) is 0.818. The molecular formula is C11H19NO3. The van der Waals surface area contributed by atoms with Gasteiger partial charge >= 0.3 is 5.97 Å². The lowest BCUT2D eigenvalue weighted by Crippen LogP contribution is -2.31. The maximum atomic E-state index is 11.2. The number of carbonyl (C=O) groups is 2. The summed E-state index contributed by atoms with van der Waals surface area (Å²) < 4.78 is 4.41. The van der Waals surface area contributed by atoms with Crippen molar-refractivity contribution >= 4 is 11.9 Å². The van der Waals surface area contributed by atoms with Crippen LogP contribution in [0, 0.1) is 5.92 Å². The van der Waals surface area contributed by atoms with Gasteiger partial charge in [-0.15, -0.1) is 0 Å². The summed E-state index contributed by atoms with van der Waals surface area (Å²) in [6.07, 6.45) is 6.06. The van der Waals surface area contributed by atoms with Crippen LogP contribution in [-0.4, -0.2) is 25.5 Å². The van der Waals surface area contributed by atoms with Crippen LogP contribution in [0.25, 0.3) is 0 Å². The average molecular weight is 213 g/mol. The first kappa shape index (κ1) is 12.0. The minimum absolute atomic E-state index is 0.163. The summed E-state index contributed by atoms with van der Waals surface area (Å²) in [6, 6.07) is 0. The van der Waals surface area contributed by atoms with E-state index in [4.69, 9.17) is 0 Å². The second kappa shape index (κ2) is 6.43. The molecule has 0 unspecified atom stereocenters. The maximum absolute atomic E-state index is 11.2. The second-order valence-electron chi connectivity index (χ2n) is 4.06. The smallest absolute Gasteiger partial charge is 0.315 e. The number of hydrogen-bond acceptors (Lipinski definition) is 3. The number of amides is 1. The zero-order valence-electron chi connectivity index (χ0n) is 9.25. The van der Waals surface area contributed by atoms with Crippen molar-refractivity contribution in [3.8, 4) is 0 Å². The van der Waals surface area contributed by atoms with Gasteiger partial charge in [0.1, 0.15) is 6.42 Å². The van der Waals surface area contributed by atoms with Crippen molar-refractivity contribution in [2.45, 2.75) is 38.5 Å². The van der Waals surface area contributed by atoms with Crippen molar-refractivity contribution in [2.75, 3.05) is 13.7 Å². The zero-order chi connectivity index (χ0) is 11.1. The van der Waals surface area contributed by atoms with Crippen LogP contribution in [0.5, 0.6) is 0 Å². The normalized spacial score (nSPS) is 17.1. The Balaban J connectivity index is 2.12. The molecule has 0 saturated heterocycles. The Labute approximate surface area is 90.4 Å². The number of rotatable bonds is 4. The predicted octanol–water partition coefficient (Wildman–Crippen LogP) is 1.25. The lowest BCUT2D eigenvalue weighted by Gasteiger charge is -2.21. The van der Waals surface area contributed by atoms with Crippen molar-refractivity contribution in [3.63, 3.8) is 0 Å². The number of hydrogen-bond donors (Lipinski definition) is 1. The van der Waals surface area contributed by atoms with Crippen molar-refractivity contribution in [2.24, 2.45) is 5.92 Å². The fourth-order valence-corrected chi connectivity index (χ4v) is 1.92. The molecule has 1 rings (SSSR count). The highest BCUT2D eigenvalue weighted by molar-refractivity contribution is 5.94. The van der Waals surface area contributed by atoms with Crippen LogP contribution < -0.4 is 5.32 Å². The molecule has 15 heavy (non-hydrogen) atoms. The van der Waals surface area contributed by atoms with Crippen molar-refractivity contribution in [3.05, 3.63) is 0 Å². The lowest BCUT2D eigenvalue weighted by atomic mass is 9.89. The molecule has 0 aromatic heterocycles. The molecule has 1 saturated carbocycles. The third kappa shape index (κ3) is 4.81. The van der Waals surface area contributed by atoms with E-state index >= 15 is 0 Å². The highest BCUT2D eigenvalue weighted by Gasteiger charge is 2.15. The van der Waals surface area contributed by atoms with Crippen molar-refractivity contribution in [1.29, 1.82) is 0 Å². The van der Waals surface area contributed by atoms with Gasteiger partial charge in [0.15, 0.2) is 0 Å². The molecule has 0 atom stereocenters. The first-order valence-corrected chi connectivity index (χ1v) is 5.56. The van der Waals surface area contributed by atoms with Gasteiger partial charge in [-0.25, -0.2) is 0 Å². The molecule has 0 radical (unpaired) electrons. The molecule has 0 aliphatic heterocycles. The largest absolute Gasteiger partial charge is 0.469 e. The van der Waals surface area contributed by atoms with E-state index < -0.39 is 5.97 Å². The van der Waals surface area contributed by atoms with Crippen LogP contribution in [-0.2, 0) is 14.3 Å². The van der Waals surface area contributed by atoms with Gasteiger partial charge in [0, 0.05) is 6.54 Å². The first-order valence-electron chi connectivity index (χ1n) is 5.56.